The van der Waals surface area contributed by atoms with E-state index in [1.54, 1.807) is 25.3 Å². The van der Waals surface area contributed by atoms with Crippen LogP contribution in [0.15, 0.2) is 18.2 Å². The Morgan fingerprint density at radius 2 is 2.26 bits per heavy atom. The van der Waals surface area contributed by atoms with E-state index >= 15 is 0 Å². The number of benzene rings is 1. The van der Waals surface area contributed by atoms with Crippen molar-refractivity contribution in [1.29, 1.82) is 0 Å². The van der Waals surface area contributed by atoms with Crippen molar-refractivity contribution < 1.29 is 14.3 Å². The molecular formula is C14H18N2O3. The van der Waals surface area contributed by atoms with Crippen molar-refractivity contribution in [3.63, 3.8) is 0 Å². The normalized spacial score (nSPS) is 26.1. The third-order valence-corrected chi connectivity index (χ3v) is 3.76. The minimum Gasteiger partial charge on any atom is -0.497 e. The lowest BCUT2D eigenvalue weighted by Crippen LogP contribution is -2.55. The molecule has 2 aliphatic rings. The highest BCUT2D eigenvalue weighted by Crippen LogP contribution is 2.32. The van der Waals surface area contributed by atoms with Crippen LogP contribution in [-0.2, 0) is 0 Å². The maximum absolute atomic E-state index is 12.1. The standard InChI is InChI=1S/C14H18N2O3/c1-18-10-3-4-11-12(7-10)19-14(9-16-13(11)17)5-2-6-15-8-14/h3-4,7,15H,2,5-6,8-9H2,1H3,(H,16,17)/t14-/m1/s1. The van der Waals surface area contributed by atoms with Crippen LogP contribution < -0.4 is 20.1 Å². The fraction of sp³-hybridized carbons (Fsp3) is 0.500. The molecule has 19 heavy (non-hydrogen) atoms. The molecule has 5 nitrogen and oxygen atoms in total. The van der Waals surface area contributed by atoms with E-state index in [0.717, 1.165) is 25.9 Å². The molecular weight excluding hydrogens is 244 g/mol. The fourth-order valence-corrected chi connectivity index (χ4v) is 2.69. The molecule has 5 heteroatoms. The molecule has 1 saturated heterocycles. The van der Waals surface area contributed by atoms with Crippen molar-refractivity contribution in [3.8, 4) is 11.5 Å². The van der Waals surface area contributed by atoms with E-state index in [4.69, 9.17) is 9.47 Å². The molecule has 0 saturated carbocycles. The Hall–Kier alpha value is -1.75. The Morgan fingerprint density at radius 3 is 3.00 bits per heavy atom. The Bertz CT molecular complexity index is 495. The van der Waals surface area contributed by atoms with E-state index in [1.165, 1.54) is 0 Å². The predicted molar refractivity (Wildman–Crippen MR) is 70.8 cm³/mol. The highest BCUT2D eigenvalue weighted by molar-refractivity contribution is 5.97. The second-order valence-electron chi connectivity index (χ2n) is 5.11. The van der Waals surface area contributed by atoms with E-state index in [0.29, 0.717) is 23.6 Å². The van der Waals surface area contributed by atoms with Gasteiger partial charge in [-0.25, -0.2) is 0 Å². The number of hydrogen-bond donors (Lipinski definition) is 2. The van der Waals surface area contributed by atoms with Gasteiger partial charge in [-0.2, -0.15) is 0 Å². The summed E-state index contributed by atoms with van der Waals surface area (Å²) in [5, 5.41) is 6.29. The van der Waals surface area contributed by atoms with Gasteiger partial charge in [0.25, 0.3) is 5.91 Å². The average molecular weight is 262 g/mol. The second-order valence-corrected chi connectivity index (χ2v) is 5.11. The Balaban J connectivity index is 1.98. The van der Waals surface area contributed by atoms with Crippen LogP contribution in [0, 0.1) is 0 Å². The second kappa shape index (κ2) is 4.74. The van der Waals surface area contributed by atoms with E-state index < -0.39 is 0 Å². The lowest BCUT2D eigenvalue weighted by atomic mass is 9.94. The first-order valence-corrected chi connectivity index (χ1v) is 6.58. The number of ether oxygens (including phenoxy) is 2. The number of carbonyl (C=O) groups excluding carboxylic acids is 1. The number of carbonyl (C=O) groups is 1. The Morgan fingerprint density at radius 1 is 1.37 bits per heavy atom. The van der Waals surface area contributed by atoms with Crippen LogP contribution in [0.4, 0.5) is 0 Å². The van der Waals surface area contributed by atoms with Gasteiger partial charge in [-0.05, 0) is 31.5 Å². The van der Waals surface area contributed by atoms with E-state index in [9.17, 15) is 4.79 Å². The molecule has 1 aromatic carbocycles. The molecule has 1 aromatic rings. The molecule has 2 N–H and O–H groups in total. The van der Waals surface area contributed by atoms with E-state index in [1.807, 2.05) is 0 Å². The molecule has 3 rings (SSSR count). The zero-order valence-electron chi connectivity index (χ0n) is 11.0. The SMILES string of the molecule is COc1ccc2c(c1)O[C@@]1(CCCNC1)CNC2=O. The molecule has 2 heterocycles. The maximum atomic E-state index is 12.1. The summed E-state index contributed by atoms with van der Waals surface area (Å²) < 4.78 is 11.4. The molecule has 0 bridgehead atoms. The molecule has 1 atom stereocenters. The van der Waals surface area contributed by atoms with Gasteiger partial charge in [-0.1, -0.05) is 0 Å². The number of amides is 1. The minimum absolute atomic E-state index is 0.0832. The van der Waals surface area contributed by atoms with E-state index in [-0.39, 0.29) is 11.5 Å². The van der Waals surface area contributed by atoms with Crippen molar-refractivity contribution in [2.75, 3.05) is 26.7 Å². The van der Waals surface area contributed by atoms with Crippen molar-refractivity contribution in [1.82, 2.24) is 10.6 Å². The summed E-state index contributed by atoms with van der Waals surface area (Å²) in [6, 6.07) is 5.31. The summed E-state index contributed by atoms with van der Waals surface area (Å²) in [6.07, 6.45) is 1.99. The third kappa shape index (κ3) is 2.26. The largest absolute Gasteiger partial charge is 0.497 e. The zero-order chi connectivity index (χ0) is 13.3. The Kier molecular flexibility index (Phi) is 3.06. The van der Waals surface area contributed by atoms with Crippen molar-refractivity contribution in [3.05, 3.63) is 23.8 Å². The highest BCUT2D eigenvalue weighted by atomic mass is 16.5. The third-order valence-electron chi connectivity index (χ3n) is 3.76. The van der Waals surface area contributed by atoms with Gasteiger partial charge in [0.15, 0.2) is 0 Å². The molecule has 102 valence electrons. The first-order valence-electron chi connectivity index (χ1n) is 6.58. The van der Waals surface area contributed by atoms with Crippen LogP contribution in [0.25, 0.3) is 0 Å². The van der Waals surface area contributed by atoms with E-state index in [2.05, 4.69) is 10.6 Å². The number of hydrogen-bond acceptors (Lipinski definition) is 4. The molecule has 0 aliphatic carbocycles. The molecule has 0 aromatic heterocycles. The highest BCUT2D eigenvalue weighted by Gasteiger charge is 2.38. The van der Waals surface area contributed by atoms with Gasteiger partial charge < -0.3 is 20.1 Å². The summed E-state index contributed by atoms with van der Waals surface area (Å²) >= 11 is 0. The first kappa shape index (κ1) is 12.3. The molecule has 0 unspecified atom stereocenters. The van der Waals surface area contributed by atoms with Gasteiger partial charge >= 0.3 is 0 Å². The summed E-state index contributed by atoms with van der Waals surface area (Å²) in [6.45, 7) is 2.30. The maximum Gasteiger partial charge on any atom is 0.255 e. The van der Waals surface area contributed by atoms with Crippen LogP contribution >= 0.6 is 0 Å². The average Bonchev–Trinajstić information content (AvgIpc) is 2.57. The van der Waals surface area contributed by atoms with Gasteiger partial charge in [0.2, 0.25) is 0 Å². The first-order chi connectivity index (χ1) is 9.22. The molecule has 1 amide bonds. The lowest BCUT2D eigenvalue weighted by Gasteiger charge is -2.36. The molecule has 1 spiro atoms. The van der Waals surface area contributed by atoms with Gasteiger partial charge in [0.05, 0.1) is 19.2 Å². The predicted octanol–water partition coefficient (Wildman–Crippen LogP) is 0.940. The number of nitrogens with one attached hydrogen (secondary N) is 2. The number of methoxy groups -OCH3 is 1. The molecule has 0 radical (unpaired) electrons. The van der Waals surface area contributed by atoms with Gasteiger partial charge in [0, 0.05) is 12.6 Å². The van der Waals surface area contributed by atoms with Gasteiger partial charge in [-0.3, -0.25) is 4.79 Å². The summed E-state index contributed by atoms with van der Waals surface area (Å²) in [7, 11) is 1.61. The summed E-state index contributed by atoms with van der Waals surface area (Å²) in [5.41, 5.74) is 0.231. The Labute approximate surface area is 112 Å². The van der Waals surface area contributed by atoms with Crippen molar-refractivity contribution in [2.45, 2.75) is 18.4 Å². The molecule has 2 aliphatic heterocycles. The summed E-state index contributed by atoms with van der Waals surface area (Å²) in [5.74, 6) is 1.23. The van der Waals surface area contributed by atoms with Crippen LogP contribution in [-0.4, -0.2) is 38.3 Å². The van der Waals surface area contributed by atoms with Crippen LogP contribution in [0.5, 0.6) is 11.5 Å². The number of piperidine rings is 1. The summed E-state index contributed by atoms with van der Waals surface area (Å²) in [4.78, 5) is 12.1. The van der Waals surface area contributed by atoms with Crippen molar-refractivity contribution >= 4 is 5.91 Å². The quantitative estimate of drug-likeness (QED) is 0.791. The van der Waals surface area contributed by atoms with Gasteiger partial charge in [-0.15, -0.1) is 0 Å². The van der Waals surface area contributed by atoms with Crippen LogP contribution in [0.3, 0.4) is 0 Å². The fourth-order valence-electron chi connectivity index (χ4n) is 2.69. The van der Waals surface area contributed by atoms with Gasteiger partial charge in [0.1, 0.15) is 17.1 Å². The van der Waals surface area contributed by atoms with Crippen LogP contribution in [0.1, 0.15) is 23.2 Å². The van der Waals surface area contributed by atoms with Crippen LogP contribution in [0.2, 0.25) is 0 Å². The van der Waals surface area contributed by atoms with Crippen molar-refractivity contribution in [2.24, 2.45) is 0 Å². The zero-order valence-corrected chi connectivity index (χ0v) is 11.0. The topological polar surface area (TPSA) is 59.6 Å². The monoisotopic (exact) mass is 262 g/mol. The number of fused-ring (bicyclic) bond motifs is 1. The minimum atomic E-state index is -0.342. The lowest BCUT2D eigenvalue weighted by molar-refractivity contribution is 0.0469. The smallest absolute Gasteiger partial charge is 0.255 e. The number of rotatable bonds is 1. The molecule has 1 fully saturated rings.